The molecule has 0 N–H and O–H groups in total. The van der Waals surface area contributed by atoms with Crippen molar-refractivity contribution in [1.29, 1.82) is 0 Å². The van der Waals surface area contributed by atoms with Gasteiger partial charge in [-0.2, -0.15) is 0 Å². The van der Waals surface area contributed by atoms with Crippen molar-refractivity contribution < 1.29 is 12.8 Å². The summed E-state index contributed by atoms with van der Waals surface area (Å²) < 4.78 is 35.5. The van der Waals surface area contributed by atoms with Gasteiger partial charge in [0.05, 0.1) is 5.75 Å². The Morgan fingerprint density at radius 1 is 1.18 bits per heavy atom. The van der Waals surface area contributed by atoms with E-state index in [0.29, 0.717) is 0 Å². The van der Waals surface area contributed by atoms with Gasteiger partial charge in [-0.05, 0) is 30.5 Å². The molecule has 0 bridgehead atoms. The van der Waals surface area contributed by atoms with Crippen LogP contribution in [0.25, 0.3) is 0 Å². The van der Waals surface area contributed by atoms with E-state index in [1.54, 1.807) is 12.1 Å². The van der Waals surface area contributed by atoms with Crippen LogP contribution in [-0.2, 0) is 14.5 Å². The molecule has 17 heavy (non-hydrogen) atoms. The zero-order valence-corrected chi connectivity index (χ0v) is 10.9. The van der Waals surface area contributed by atoms with Gasteiger partial charge in [0, 0.05) is 16.1 Å². The molecule has 1 saturated carbocycles. The van der Waals surface area contributed by atoms with Gasteiger partial charge in [-0.3, -0.25) is 0 Å². The number of benzene rings is 1. The lowest BCUT2D eigenvalue weighted by atomic mass is 9.81. The Hall–Kier alpha value is -0.610. The van der Waals surface area contributed by atoms with Crippen LogP contribution in [0, 0.1) is 5.82 Å². The highest BCUT2D eigenvalue weighted by Gasteiger charge is 2.39. The van der Waals surface area contributed by atoms with Gasteiger partial charge >= 0.3 is 0 Å². The van der Waals surface area contributed by atoms with Gasteiger partial charge < -0.3 is 0 Å². The summed E-state index contributed by atoms with van der Waals surface area (Å²) in [7, 11) is 1.84. The highest BCUT2D eigenvalue weighted by atomic mass is 35.7. The first-order chi connectivity index (χ1) is 7.91. The fourth-order valence-electron chi connectivity index (χ4n) is 2.70. The summed E-state index contributed by atoms with van der Waals surface area (Å²) in [5.41, 5.74) is 0.453. The Labute approximate surface area is 105 Å². The van der Waals surface area contributed by atoms with Gasteiger partial charge in [0.15, 0.2) is 0 Å². The van der Waals surface area contributed by atoms with E-state index in [-0.39, 0.29) is 11.6 Å². The van der Waals surface area contributed by atoms with Crippen LogP contribution in [0.15, 0.2) is 24.3 Å². The van der Waals surface area contributed by atoms with Gasteiger partial charge in [-0.1, -0.05) is 25.0 Å². The minimum atomic E-state index is -3.55. The van der Waals surface area contributed by atoms with Crippen molar-refractivity contribution in [1.82, 2.24) is 0 Å². The molecule has 0 aromatic heterocycles. The maximum absolute atomic E-state index is 12.9. The maximum atomic E-state index is 12.9. The summed E-state index contributed by atoms with van der Waals surface area (Å²) in [5.74, 6) is -0.372. The third-order valence-corrected chi connectivity index (χ3v) is 4.69. The predicted molar refractivity (Wildman–Crippen MR) is 66.2 cm³/mol. The molecule has 0 spiro atoms. The maximum Gasteiger partial charge on any atom is 0.233 e. The van der Waals surface area contributed by atoms with E-state index in [1.165, 1.54) is 12.1 Å². The summed E-state index contributed by atoms with van der Waals surface area (Å²) in [6.07, 6.45) is 3.57. The van der Waals surface area contributed by atoms with E-state index in [4.69, 9.17) is 10.7 Å². The van der Waals surface area contributed by atoms with Gasteiger partial charge in [-0.25, -0.2) is 12.8 Å². The molecule has 0 unspecified atom stereocenters. The zero-order chi connectivity index (χ0) is 12.5. The van der Waals surface area contributed by atoms with Gasteiger partial charge in [0.2, 0.25) is 9.05 Å². The molecule has 0 aliphatic heterocycles. The molecule has 0 heterocycles. The van der Waals surface area contributed by atoms with Crippen LogP contribution < -0.4 is 0 Å². The molecule has 5 heteroatoms. The van der Waals surface area contributed by atoms with Crippen LogP contribution in [0.2, 0.25) is 0 Å². The number of halogens is 2. The van der Waals surface area contributed by atoms with Gasteiger partial charge in [0.25, 0.3) is 0 Å². The van der Waals surface area contributed by atoms with Crippen molar-refractivity contribution in [2.24, 2.45) is 0 Å². The lowest BCUT2D eigenvalue weighted by Crippen LogP contribution is -2.30. The molecule has 1 aliphatic carbocycles. The molecule has 0 amide bonds. The van der Waals surface area contributed by atoms with E-state index in [0.717, 1.165) is 31.2 Å². The van der Waals surface area contributed by atoms with Crippen molar-refractivity contribution in [2.45, 2.75) is 31.1 Å². The standard InChI is InChI=1S/C12H14ClFO2S/c13-17(15,16)9-12(7-1-2-8-12)10-3-5-11(14)6-4-10/h3-6H,1-2,7-9H2. The highest BCUT2D eigenvalue weighted by Crippen LogP contribution is 2.42. The topological polar surface area (TPSA) is 34.1 Å². The monoisotopic (exact) mass is 276 g/mol. The lowest BCUT2D eigenvalue weighted by Gasteiger charge is -2.28. The molecule has 1 aromatic carbocycles. The second-order valence-electron chi connectivity index (χ2n) is 4.68. The molecule has 94 valence electrons. The van der Waals surface area contributed by atoms with Gasteiger partial charge in [-0.15, -0.1) is 0 Å². The van der Waals surface area contributed by atoms with Crippen LogP contribution in [-0.4, -0.2) is 14.2 Å². The van der Waals surface area contributed by atoms with E-state index >= 15 is 0 Å². The molecule has 2 nitrogen and oxygen atoms in total. The molecule has 1 aliphatic rings. The molecule has 0 atom stereocenters. The van der Waals surface area contributed by atoms with E-state index < -0.39 is 14.5 Å². The Morgan fingerprint density at radius 3 is 2.18 bits per heavy atom. The van der Waals surface area contributed by atoms with Crippen LogP contribution in [0.5, 0.6) is 0 Å². The first kappa shape index (κ1) is 12.8. The molecule has 1 fully saturated rings. The molecule has 2 rings (SSSR count). The summed E-state index contributed by atoms with van der Waals surface area (Å²) in [4.78, 5) is 0. The first-order valence-corrected chi connectivity index (χ1v) is 8.08. The Balaban J connectivity index is 2.37. The molecular formula is C12H14ClFO2S. The number of rotatable bonds is 3. The second-order valence-corrected chi connectivity index (χ2v) is 7.45. The minimum Gasteiger partial charge on any atom is -0.212 e. The van der Waals surface area contributed by atoms with Crippen molar-refractivity contribution in [3.05, 3.63) is 35.6 Å². The smallest absolute Gasteiger partial charge is 0.212 e. The van der Waals surface area contributed by atoms with E-state index in [2.05, 4.69) is 0 Å². The molecular weight excluding hydrogens is 263 g/mol. The fourth-order valence-corrected chi connectivity index (χ4v) is 4.44. The van der Waals surface area contributed by atoms with Gasteiger partial charge in [0.1, 0.15) is 5.82 Å². The van der Waals surface area contributed by atoms with Crippen LogP contribution in [0.4, 0.5) is 4.39 Å². The zero-order valence-electron chi connectivity index (χ0n) is 9.33. The molecule has 1 aromatic rings. The van der Waals surface area contributed by atoms with Crippen LogP contribution >= 0.6 is 10.7 Å². The largest absolute Gasteiger partial charge is 0.233 e. The minimum absolute atomic E-state index is 0.0623. The third-order valence-electron chi connectivity index (χ3n) is 3.47. The highest BCUT2D eigenvalue weighted by molar-refractivity contribution is 8.13. The lowest BCUT2D eigenvalue weighted by molar-refractivity contribution is 0.484. The molecule has 0 radical (unpaired) electrons. The summed E-state index contributed by atoms with van der Waals surface area (Å²) in [5, 5.41) is 0. The number of hydrogen-bond donors (Lipinski definition) is 0. The number of hydrogen-bond acceptors (Lipinski definition) is 2. The second kappa shape index (κ2) is 4.58. The van der Waals surface area contributed by atoms with E-state index in [9.17, 15) is 12.8 Å². The van der Waals surface area contributed by atoms with E-state index in [1.807, 2.05) is 0 Å². The summed E-state index contributed by atoms with van der Waals surface area (Å²) >= 11 is 0. The summed E-state index contributed by atoms with van der Waals surface area (Å²) in [6.45, 7) is 0. The SMILES string of the molecule is O=S(=O)(Cl)CC1(c2ccc(F)cc2)CCCC1. The first-order valence-electron chi connectivity index (χ1n) is 5.60. The van der Waals surface area contributed by atoms with Crippen LogP contribution in [0.3, 0.4) is 0 Å². The van der Waals surface area contributed by atoms with Crippen molar-refractivity contribution in [3.8, 4) is 0 Å². The fraction of sp³-hybridized carbons (Fsp3) is 0.500. The quantitative estimate of drug-likeness (QED) is 0.795. The third kappa shape index (κ3) is 2.99. The Kier molecular flexibility index (Phi) is 3.46. The van der Waals surface area contributed by atoms with Crippen molar-refractivity contribution >= 4 is 19.7 Å². The molecule has 0 saturated heterocycles. The van der Waals surface area contributed by atoms with Crippen molar-refractivity contribution in [3.63, 3.8) is 0 Å². The Bertz CT molecular complexity index is 490. The van der Waals surface area contributed by atoms with Crippen LogP contribution in [0.1, 0.15) is 31.2 Å². The predicted octanol–water partition coefficient (Wildman–Crippen LogP) is 3.21. The Morgan fingerprint density at radius 2 is 1.71 bits per heavy atom. The average Bonchev–Trinajstić information content (AvgIpc) is 2.65. The normalized spacial score (nSPS) is 19.4. The average molecular weight is 277 g/mol. The summed E-state index contributed by atoms with van der Waals surface area (Å²) in [6, 6.07) is 6.08. The van der Waals surface area contributed by atoms with Crippen molar-refractivity contribution in [2.75, 3.05) is 5.75 Å².